The Morgan fingerprint density at radius 2 is 1.61 bits per heavy atom. The van der Waals surface area contributed by atoms with Crippen LogP contribution in [0.25, 0.3) is 11.6 Å². The molecule has 0 spiro atoms. The summed E-state index contributed by atoms with van der Waals surface area (Å²) in [6.45, 7) is 0. The number of carbonyl (C=O) groups is 2. The molecule has 0 saturated carbocycles. The van der Waals surface area contributed by atoms with Gasteiger partial charge in [0, 0.05) is 5.02 Å². The second-order valence-corrected chi connectivity index (χ2v) is 5.42. The van der Waals surface area contributed by atoms with E-state index in [9.17, 15) is 14.7 Å². The summed E-state index contributed by atoms with van der Waals surface area (Å²) in [5, 5.41) is 13.2. The molecule has 1 aliphatic heterocycles. The van der Waals surface area contributed by atoms with Crippen LogP contribution < -0.4 is 5.32 Å². The van der Waals surface area contributed by atoms with Crippen LogP contribution in [-0.4, -0.2) is 16.8 Å². The van der Waals surface area contributed by atoms with Crippen molar-refractivity contribution in [2.24, 2.45) is 0 Å². The fourth-order valence-electron chi connectivity index (χ4n) is 2.29. The lowest BCUT2D eigenvalue weighted by molar-refractivity contribution is -0.120. The van der Waals surface area contributed by atoms with E-state index < -0.39 is 17.4 Å². The van der Waals surface area contributed by atoms with Gasteiger partial charge in [0.25, 0.3) is 5.91 Å². The monoisotopic (exact) mass is 325 g/mol. The molecule has 0 aliphatic carbocycles. The zero-order valence-corrected chi connectivity index (χ0v) is 12.7. The van der Waals surface area contributed by atoms with Crippen LogP contribution in [0.5, 0.6) is 0 Å². The Balaban J connectivity index is 2.02. The molecule has 4 nitrogen and oxygen atoms in total. The second kappa shape index (κ2) is 6.10. The molecule has 0 fully saturated rings. The van der Waals surface area contributed by atoms with E-state index in [-0.39, 0.29) is 11.3 Å². The van der Waals surface area contributed by atoms with Gasteiger partial charge >= 0.3 is 0 Å². The third kappa shape index (κ3) is 3.03. The molecular weight excluding hydrogens is 314 g/mol. The number of hydrogen-bond acceptors (Lipinski definition) is 3. The van der Waals surface area contributed by atoms with Crippen molar-refractivity contribution < 1.29 is 14.7 Å². The molecule has 0 aromatic heterocycles. The predicted octanol–water partition coefficient (Wildman–Crippen LogP) is 3.35. The lowest BCUT2D eigenvalue weighted by Crippen LogP contribution is -2.35. The summed E-state index contributed by atoms with van der Waals surface area (Å²) in [6.07, 6.45) is 1.52. The zero-order chi connectivity index (χ0) is 16.4. The third-order valence-corrected chi connectivity index (χ3v) is 3.67. The predicted molar refractivity (Wildman–Crippen MR) is 88.6 cm³/mol. The molecule has 5 heteroatoms. The first-order chi connectivity index (χ1) is 11.1. The Hall–Kier alpha value is -2.85. The van der Waals surface area contributed by atoms with Gasteiger partial charge in [-0.3, -0.25) is 9.59 Å². The molecule has 1 aliphatic rings. The number of Topliss-reactive ketones (excluding diaryl/α,β-unsaturated/α-hetero) is 1. The summed E-state index contributed by atoms with van der Waals surface area (Å²) < 4.78 is 0. The first-order valence-corrected chi connectivity index (χ1v) is 7.26. The van der Waals surface area contributed by atoms with Gasteiger partial charge in [0.15, 0.2) is 5.76 Å². The molecule has 0 bridgehead atoms. The standard InChI is InChI=1S/C18H12ClNO3/c19-13-8-6-12(7-9-13)15-17(22)16(21)14(20-18(15)23)10-11-4-2-1-3-5-11/h1-10,22H,(H,20,23)/b14-10-. The maximum atomic E-state index is 12.3. The molecule has 0 atom stereocenters. The maximum absolute atomic E-state index is 12.3. The molecule has 114 valence electrons. The molecule has 2 aromatic rings. The van der Waals surface area contributed by atoms with Crippen LogP contribution in [0.4, 0.5) is 0 Å². The minimum absolute atomic E-state index is 0.0383. The van der Waals surface area contributed by atoms with E-state index in [0.717, 1.165) is 5.56 Å². The molecule has 1 amide bonds. The Morgan fingerprint density at radius 3 is 2.26 bits per heavy atom. The minimum Gasteiger partial charge on any atom is -0.503 e. The van der Waals surface area contributed by atoms with Crippen LogP contribution in [0.2, 0.25) is 5.02 Å². The van der Waals surface area contributed by atoms with Crippen molar-refractivity contribution in [2.45, 2.75) is 0 Å². The smallest absolute Gasteiger partial charge is 0.260 e. The number of carbonyl (C=O) groups excluding carboxylic acids is 2. The highest BCUT2D eigenvalue weighted by Crippen LogP contribution is 2.26. The average Bonchev–Trinajstić information content (AvgIpc) is 2.55. The number of nitrogens with one attached hydrogen (secondary N) is 1. The van der Waals surface area contributed by atoms with E-state index in [0.29, 0.717) is 10.6 Å². The van der Waals surface area contributed by atoms with Gasteiger partial charge in [0.1, 0.15) is 0 Å². The van der Waals surface area contributed by atoms with E-state index >= 15 is 0 Å². The second-order valence-electron chi connectivity index (χ2n) is 4.98. The minimum atomic E-state index is -0.626. The first kappa shape index (κ1) is 15.1. The van der Waals surface area contributed by atoms with Crippen molar-refractivity contribution in [3.05, 3.63) is 82.2 Å². The molecule has 0 unspecified atom stereocenters. The summed E-state index contributed by atoms with van der Waals surface area (Å²) in [5.74, 6) is -1.73. The summed E-state index contributed by atoms with van der Waals surface area (Å²) in [4.78, 5) is 24.6. The van der Waals surface area contributed by atoms with Crippen LogP contribution in [0.3, 0.4) is 0 Å². The van der Waals surface area contributed by atoms with Crippen LogP contribution >= 0.6 is 11.6 Å². The molecule has 1 heterocycles. The SMILES string of the molecule is O=C1N/C(=C\c2ccccc2)C(=O)C(O)=C1c1ccc(Cl)cc1. The van der Waals surface area contributed by atoms with Gasteiger partial charge in [0.2, 0.25) is 5.78 Å². The topological polar surface area (TPSA) is 66.4 Å². The number of rotatable bonds is 2. The maximum Gasteiger partial charge on any atom is 0.260 e. The number of benzene rings is 2. The van der Waals surface area contributed by atoms with Crippen molar-refractivity contribution in [1.82, 2.24) is 5.32 Å². The molecule has 0 radical (unpaired) electrons. The van der Waals surface area contributed by atoms with Gasteiger partial charge in [-0.2, -0.15) is 0 Å². The number of halogens is 1. The van der Waals surface area contributed by atoms with Gasteiger partial charge in [-0.25, -0.2) is 0 Å². The summed E-state index contributed by atoms with van der Waals surface area (Å²) in [7, 11) is 0. The van der Waals surface area contributed by atoms with Gasteiger partial charge in [0.05, 0.1) is 11.3 Å². The fourth-order valence-corrected chi connectivity index (χ4v) is 2.42. The van der Waals surface area contributed by atoms with Crippen molar-refractivity contribution in [1.29, 1.82) is 0 Å². The largest absolute Gasteiger partial charge is 0.503 e. The number of amides is 1. The lowest BCUT2D eigenvalue weighted by Gasteiger charge is -2.18. The van der Waals surface area contributed by atoms with E-state index in [4.69, 9.17) is 11.6 Å². The lowest BCUT2D eigenvalue weighted by atomic mass is 9.97. The van der Waals surface area contributed by atoms with E-state index in [2.05, 4.69) is 5.32 Å². The number of aliphatic hydroxyl groups excluding tert-OH is 1. The zero-order valence-electron chi connectivity index (χ0n) is 11.9. The summed E-state index contributed by atoms with van der Waals surface area (Å²) >= 11 is 5.81. The van der Waals surface area contributed by atoms with Crippen molar-refractivity contribution in [3.63, 3.8) is 0 Å². The highest BCUT2D eigenvalue weighted by molar-refractivity contribution is 6.33. The van der Waals surface area contributed by atoms with Gasteiger partial charge < -0.3 is 10.4 Å². The van der Waals surface area contributed by atoms with Crippen molar-refractivity contribution in [2.75, 3.05) is 0 Å². The molecular formula is C18H12ClNO3. The quantitative estimate of drug-likeness (QED) is 0.832. The van der Waals surface area contributed by atoms with Crippen LogP contribution in [0.1, 0.15) is 11.1 Å². The van der Waals surface area contributed by atoms with Crippen LogP contribution in [0, 0.1) is 0 Å². The highest BCUT2D eigenvalue weighted by Gasteiger charge is 2.31. The molecule has 2 N–H and O–H groups in total. The summed E-state index contributed by atoms with van der Waals surface area (Å²) in [5.41, 5.74) is 1.16. The van der Waals surface area contributed by atoms with Crippen molar-refractivity contribution >= 4 is 34.9 Å². The molecule has 0 saturated heterocycles. The average molecular weight is 326 g/mol. The van der Waals surface area contributed by atoms with Crippen LogP contribution in [0.15, 0.2) is 66.1 Å². The third-order valence-electron chi connectivity index (χ3n) is 3.42. The number of ketones is 1. The molecule has 23 heavy (non-hydrogen) atoms. The Morgan fingerprint density at radius 1 is 0.957 bits per heavy atom. The van der Waals surface area contributed by atoms with Gasteiger partial charge in [-0.15, -0.1) is 0 Å². The van der Waals surface area contributed by atoms with Gasteiger partial charge in [-0.05, 0) is 29.3 Å². The number of aliphatic hydroxyl groups is 1. The van der Waals surface area contributed by atoms with E-state index in [1.807, 2.05) is 18.2 Å². The summed E-state index contributed by atoms with van der Waals surface area (Å²) in [6, 6.07) is 15.4. The first-order valence-electron chi connectivity index (χ1n) is 6.88. The molecule has 2 aromatic carbocycles. The van der Waals surface area contributed by atoms with Crippen LogP contribution in [-0.2, 0) is 9.59 Å². The Bertz CT molecular complexity index is 836. The Labute approximate surface area is 137 Å². The highest BCUT2D eigenvalue weighted by atomic mass is 35.5. The Kier molecular flexibility index (Phi) is 4.00. The normalized spacial score (nSPS) is 16.7. The van der Waals surface area contributed by atoms with E-state index in [1.165, 1.54) is 6.08 Å². The van der Waals surface area contributed by atoms with E-state index in [1.54, 1.807) is 36.4 Å². The number of hydrogen-bond donors (Lipinski definition) is 2. The fraction of sp³-hybridized carbons (Fsp3) is 0. The van der Waals surface area contributed by atoms with Gasteiger partial charge in [-0.1, -0.05) is 54.1 Å². The molecule has 3 rings (SSSR count). The van der Waals surface area contributed by atoms with Crippen molar-refractivity contribution in [3.8, 4) is 0 Å².